The zero-order valence-corrected chi connectivity index (χ0v) is 27.5. The summed E-state index contributed by atoms with van der Waals surface area (Å²) in [5.74, 6) is -1.23. The standard InChI is InChI=1S/C36H56N4O6/c1-3-4-5-6-7-8-9-10-11-12-13-14-15-16-17-18-19-20-21-23-29(42)24-22-25-39-35(45)32-26-30(40-36(37)38)28(2)34(46-32)33(44)31(43)27-41/h4-5,7-8,10-11,13-14,16-17,19-20,26,28,30-31,33-34,41,43-44H,3,6,9,12,15,18,21-25,27H2,1-2H3,(H,39,45)(H4,37,38,40)/b5-4-,8-7-,11-10-,14-13-,17-16-,20-19-/t28-,30-,31-,33-,34?/m1/s1. The first-order valence-electron chi connectivity index (χ1n) is 16.3. The molecular formula is C36H56N4O6. The highest BCUT2D eigenvalue weighted by molar-refractivity contribution is 5.91. The van der Waals surface area contributed by atoms with E-state index in [2.05, 4.69) is 84.1 Å². The molecule has 10 nitrogen and oxygen atoms in total. The summed E-state index contributed by atoms with van der Waals surface area (Å²) in [6.07, 6.45) is 30.9. The molecule has 0 aromatic rings. The summed E-state index contributed by atoms with van der Waals surface area (Å²) in [6, 6.07) is -0.680. The Balaban J connectivity index is 2.26. The van der Waals surface area contributed by atoms with E-state index in [0.29, 0.717) is 25.7 Å². The number of nitrogens with zero attached hydrogens (tertiary/aromatic N) is 1. The molecular weight excluding hydrogens is 584 g/mol. The van der Waals surface area contributed by atoms with Crippen LogP contribution >= 0.6 is 0 Å². The lowest BCUT2D eigenvalue weighted by atomic mass is 9.87. The fourth-order valence-corrected chi connectivity index (χ4v) is 4.54. The highest BCUT2D eigenvalue weighted by atomic mass is 16.5. The number of aliphatic imine (C=N–C) groups is 1. The number of rotatable bonds is 23. The van der Waals surface area contributed by atoms with E-state index >= 15 is 0 Å². The Morgan fingerprint density at radius 1 is 0.891 bits per heavy atom. The van der Waals surface area contributed by atoms with E-state index in [1.165, 1.54) is 6.08 Å². The van der Waals surface area contributed by atoms with Crippen molar-refractivity contribution in [2.24, 2.45) is 22.4 Å². The first-order valence-corrected chi connectivity index (χ1v) is 16.3. The number of Topliss-reactive ketones (excluding diaryl/α,β-unsaturated/α-hetero) is 1. The minimum Gasteiger partial charge on any atom is -0.482 e. The number of carbonyl (C=O) groups excluding carboxylic acids is 2. The van der Waals surface area contributed by atoms with Crippen LogP contribution in [-0.4, -0.2) is 70.5 Å². The van der Waals surface area contributed by atoms with Crippen molar-refractivity contribution in [3.05, 3.63) is 84.7 Å². The van der Waals surface area contributed by atoms with Gasteiger partial charge in [-0.15, -0.1) is 0 Å². The van der Waals surface area contributed by atoms with Crippen LogP contribution in [0.4, 0.5) is 0 Å². The molecule has 1 unspecified atom stereocenters. The lowest BCUT2D eigenvalue weighted by Crippen LogP contribution is -2.50. The van der Waals surface area contributed by atoms with Crippen molar-refractivity contribution in [3.63, 3.8) is 0 Å². The summed E-state index contributed by atoms with van der Waals surface area (Å²) >= 11 is 0. The zero-order chi connectivity index (χ0) is 34.0. The molecule has 1 rings (SSSR count). The molecule has 1 aliphatic rings. The van der Waals surface area contributed by atoms with E-state index in [1.807, 2.05) is 6.08 Å². The number of amides is 1. The molecule has 0 saturated heterocycles. The van der Waals surface area contributed by atoms with Crippen LogP contribution in [0.2, 0.25) is 0 Å². The van der Waals surface area contributed by atoms with Gasteiger partial charge >= 0.3 is 0 Å². The number of aliphatic hydroxyl groups excluding tert-OH is 3. The highest BCUT2D eigenvalue weighted by Gasteiger charge is 2.40. The third kappa shape index (κ3) is 18.3. The molecule has 0 aliphatic carbocycles. The quantitative estimate of drug-likeness (QED) is 0.0416. The van der Waals surface area contributed by atoms with E-state index in [9.17, 15) is 24.9 Å². The summed E-state index contributed by atoms with van der Waals surface area (Å²) in [6.45, 7) is 3.41. The number of hydrogen-bond donors (Lipinski definition) is 6. The Hall–Kier alpha value is -3.73. The molecule has 8 N–H and O–H groups in total. The number of guanidine groups is 1. The largest absolute Gasteiger partial charge is 0.482 e. The number of aliphatic hydroxyl groups is 3. The molecule has 5 atom stereocenters. The molecule has 0 fully saturated rings. The minimum absolute atomic E-state index is 0.105. The Morgan fingerprint density at radius 2 is 1.41 bits per heavy atom. The van der Waals surface area contributed by atoms with Crippen LogP contribution in [-0.2, 0) is 14.3 Å². The topological polar surface area (TPSA) is 180 Å². The van der Waals surface area contributed by atoms with Crippen molar-refractivity contribution in [1.82, 2.24) is 5.32 Å². The fourth-order valence-electron chi connectivity index (χ4n) is 4.54. The summed E-state index contributed by atoms with van der Waals surface area (Å²) in [5, 5.41) is 32.2. The number of carbonyl (C=O) groups is 2. The Bertz CT molecular complexity index is 1120. The molecule has 256 valence electrons. The third-order valence-electron chi connectivity index (χ3n) is 7.19. The zero-order valence-electron chi connectivity index (χ0n) is 27.5. The molecule has 46 heavy (non-hydrogen) atoms. The fraction of sp³-hybridized carbons (Fsp3) is 0.528. The maximum absolute atomic E-state index is 12.7. The van der Waals surface area contributed by atoms with E-state index in [4.69, 9.17) is 16.2 Å². The van der Waals surface area contributed by atoms with E-state index in [1.54, 1.807) is 6.92 Å². The summed E-state index contributed by atoms with van der Waals surface area (Å²) in [5.41, 5.74) is 11.0. The number of nitrogens with two attached hydrogens (primary N) is 2. The van der Waals surface area contributed by atoms with Crippen molar-refractivity contribution < 1.29 is 29.6 Å². The van der Waals surface area contributed by atoms with Crippen molar-refractivity contribution in [1.29, 1.82) is 0 Å². The second-order valence-electron chi connectivity index (χ2n) is 11.1. The Morgan fingerprint density at radius 3 is 1.91 bits per heavy atom. The summed E-state index contributed by atoms with van der Waals surface area (Å²) < 4.78 is 5.67. The van der Waals surface area contributed by atoms with Crippen LogP contribution in [0.25, 0.3) is 0 Å². The average molecular weight is 641 g/mol. The van der Waals surface area contributed by atoms with Gasteiger partial charge in [-0.25, -0.2) is 4.99 Å². The molecule has 1 aliphatic heterocycles. The van der Waals surface area contributed by atoms with Gasteiger partial charge in [0, 0.05) is 25.3 Å². The number of hydrogen-bond acceptors (Lipinski definition) is 7. The van der Waals surface area contributed by atoms with Gasteiger partial charge in [0.2, 0.25) is 0 Å². The molecule has 0 saturated carbocycles. The predicted octanol–water partition coefficient (Wildman–Crippen LogP) is 4.20. The molecule has 10 heteroatoms. The van der Waals surface area contributed by atoms with Gasteiger partial charge in [0.25, 0.3) is 5.91 Å². The van der Waals surface area contributed by atoms with Crippen LogP contribution < -0.4 is 16.8 Å². The van der Waals surface area contributed by atoms with Crippen molar-refractivity contribution in [2.45, 2.75) is 102 Å². The first-order chi connectivity index (χ1) is 22.2. The first kappa shape index (κ1) is 40.3. The van der Waals surface area contributed by atoms with E-state index in [-0.39, 0.29) is 24.0 Å². The van der Waals surface area contributed by atoms with Crippen LogP contribution in [0, 0.1) is 5.92 Å². The van der Waals surface area contributed by atoms with Crippen LogP contribution in [0.1, 0.15) is 78.1 Å². The second-order valence-corrected chi connectivity index (χ2v) is 11.1. The minimum atomic E-state index is -1.47. The molecule has 1 heterocycles. The molecule has 0 bridgehead atoms. The molecule has 0 aromatic heterocycles. The number of nitrogens with one attached hydrogen (secondary N) is 1. The van der Waals surface area contributed by atoms with Crippen molar-refractivity contribution in [3.8, 4) is 0 Å². The number of ether oxygens (including phenoxy) is 1. The van der Waals surface area contributed by atoms with E-state index in [0.717, 1.165) is 38.5 Å². The molecule has 1 amide bonds. The summed E-state index contributed by atoms with van der Waals surface area (Å²) in [7, 11) is 0. The third-order valence-corrected chi connectivity index (χ3v) is 7.19. The second kappa shape index (κ2) is 25.5. The van der Waals surface area contributed by atoms with E-state index < -0.39 is 42.8 Å². The summed E-state index contributed by atoms with van der Waals surface area (Å²) in [4.78, 5) is 29.1. The maximum Gasteiger partial charge on any atom is 0.286 e. The smallest absolute Gasteiger partial charge is 0.286 e. The molecule has 0 aromatic carbocycles. The molecule has 0 radical (unpaired) electrons. The number of ketones is 1. The Labute approximate surface area is 275 Å². The van der Waals surface area contributed by atoms with Crippen molar-refractivity contribution >= 4 is 17.6 Å². The van der Waals surface area contributed by atoms with Gasteiger partial charge in [-0.2, -0.15) is 0 Å². The normalized spacial score (nSPS) is 20.2. The lowest BCUT2D eigenvalue weighted by molar-refractivity contribution is -0.133. The van der Waals surface area contributed by atoms with Gasteiger partial charge in [-0.3, -0.25) is 9.59 Å². The monoisotopic (exact) mass is 640 g/mol. The van der Waals surface area contributed by atoms with Crippen LogP contribution in [0.15, 0.2) is 89.7 Å². The van der Waals surface area contributed by atoms with Gasteiger partial charge < -0.3 is 36.8 Å². The predicted molar refractivity (Wildman–Crippen MR) is 186 cm³/mol. The van der Waals surface area contributed by atoms with Crippen LogP contribution in [0.5, 0.6) is 0 Å². The van der Waals surface area contributed by atoms with Gasteiger partial charge in [0.15, 0.2) is 11.7 Å². The Kier molecular flexibility index (Phi) is 22.3. The average Bonchev–Trinajstić information content (AvgIpc) is 3.04. The molecule has 0 spiro atoms. The highest BCUT2D eigenvalue weighted by Crippen LogP contribution is 2.29. The van der Waals surface area contributed by atoms with Crippen molar-refractivity contribution in [2.75, 3.05) is 13.2 Å². The van der Waals surface area contributed by atoms with Gasteiger partial charge in [-0.05, 0) is 57.4 Å². The maximum atomic E-state index is 12.7. The van der Waals surface area contributed by atoms with Gasteiger partial charge in [-0.1, -0.05) is 86.8 Å². The van der Waals surface area contributed by atoms with Gasteiger partial charge in [0.05, 0.1) is 12.6 Å². The van der Waals surface area contributed by atoms with Crippen LogP contribution in [0.3, 0.4) is 0 Å². The number of allylic oxidation sites excluding steroid dienone is 12. The van der Waals surface area contributed by atoms with Gasteiger partial charge in [0.1, 0.15) is 24.1 Å². The lowest BCUT2D eigenvalue weighted by Gasteiger charge is -2.37. The SMILES string of the molecule is CC/C=C\C/C=C\C/C=C\C/C=C\C/C=C\C/C=C\CCC(=O)CCCNC(=O)C1=C[C@@H](N=C(N)N)[C@@H](C)C([C@H](O)[C@H](O)CO)O1.